The van der Waals surface area contributed by atoms with Crippen LogP contribution >= 0.6 is 0 Å². The molecule has 1 saturated heterocycles. The van der Waals surface area contributed by atoms with Crippen molar-refractivity contribution < 1.29 is 16.3 Å². The number of hydrogen-bond acceptors (Lipinski definition) is 2. The normalized spacial score (nSPS) is 30.1. The monoisotopic (exact) mass is 244 g/mol. The van der Waals surface area contributed by atoms with Crippen LogP contribution in [0.4, 0.5) is 0 Å². The number of benzene rings is 2. The van der Waals surface area contributed by atoms with E-state index >= 15 is 0 Å². The first-order chi connectivity index (χ1) is 10.8. The van der Waals surface area contributed by atoms with Crippen molar-refractivity contribution in [1.82, 2.24) is 4.98 Å². The van der Waals surface area contributed by atoms with E-state index in [-0.39, 0.29) is 5.75 Å². The topological polar surface area (TPSA) is 37.5 Å². The first-order valence-electron chi connectivity index (χ1n) is 8.14. The van der Waals surface area contributed by atoms with Crippen molar-refractivity contribution in [3.8, 4) is 5.75 Å². The van der Waals surface area contributed by atoms with Gasteiger partial charge in [-0.25, -0.2) is 0 Å². The molecule has 0 spiro atoms. The zero-order valence-electron chi connectivity index (χ0n) is 14.4. The van der Waals surface area contributed by atoms with Crippen molar-refractivity contribution in [3.63, 3.8) is 0 Å². The lowest BCUT2D eigenvalue weighted by Gasteiger charge is -2.05. The molecule has 1 aliphatic heterocycles. The lowest BCUT2D eigenvalue weighted by molar-refractivity contribution is 0.265. The van der Waals surface area contributed by atoms with Crippen molar-refractivity contribution >= 4 is 21.8 Å². The molecule has 0 amide bonds. The number of para-hydroxylation sites is 1. The third-order valence-corrected chi connectivity index (χ3v) is 2.95. The number of ether oxygens (including phenoxy) is 2. The minimum absolute atomic E-state index is 0.239. The number of rotatable bonds is 3. The molecule has 18 heavy (non-hydrogen) atoms. The van der Waals surface area contributed by atoms with E-state index < -0.39 is 19.2 Å². The molecule has 1 aromatic heterocycles. The highest BCUT2D eigenvalue weighted by Crippen LogP contribution is 2.33. The van der Waals surface area contributed by atoms with Gasteiger partial charge in [0.2, 0.25) is 0 Å². The molecule has 4 rings (SSSR count). The zero-order chi connectivity index (χ0) is 16.5. The predicted octanol–water partition coefficient (Wildman–Crippen LogP) is 3.10. The van der Waals surface area contributed by atoms with Crippen molar-refractivity contribution in [2.75, 3.05) is 13.1 Å². The Morgan fingerprint density at radius 3 is 3.06 bits per heavy atom. The third kappa shape index (κ3) is 1.56. The molecule has 2 heterocycles. The van der Waals surface area contributed by atoms with Crippen LogP contribution in [0.25, 0.3) is 21.8 Å². The van der Waals surface area contributed by atoms with E-state index in [0.717, 1.165) is 16.4 Å². The van der Waals surface area contributed by atoms with Crippen LogP contribution in [0, 0.1) is 0 Å². The Morgan fingerprint density at radius 1 is 1.33 bits per heavy atom. The zero-order valence-corrected chi connectivity index (χ0v) is 9.36. The Balaban J connectivity index is 1.84. The molecule has 3 nitrogen and oxygen atoms in total. The maximum atomic E-state index is 7.95. The summed E-state index contributed by atoms with van der Waals surface area (Å²) in [7, 11) is 0. The second-order valence-corrected chi connectivity index (χ2v) is 4.09. The van der Waals surface area contributed by atoms with Crippen LogP contribution in [0.3, 0.4) is 0 Å². The van der Waals surface area contributed by atoms with Gasteiger partial charge in [0.15, 0.2) is 0 Å². The maximum absolute atomic E-state index is 7.95. The second-order valence-electron chi connectivity index (χ2n) is 4.09. The van der Waals surface area contributed by atoms with Crippen LogP contribution in [0.15, 0.2) is 42.5 Å². The summed E-state index contributed by atoms with van der Waals surface area (Å²) in [6.45, 7) is -5.01. The number of nitrogens with one attached hydrogen (secondary N) is 1. The lowest BCUT2D eigenvalue weighted by Crippen LogP contribution is -2.04. The van der Waals surface area contributed by atoms with Crippen molar-refractivity contribution in [2.45, 2.75) is 6.08 Å². The van der Waals surface area contributed by atoms with Gasteiger partial charge in [-0.3, -0.25) is 0 Å². The van der Waals surface area contributed by atoms with Crippen LogP contribution < -0.4 is 4.74 Å². The molecule has 1 atom stereocenters. The Hall–Kier alpha value is -2.00. The number of H-pyrrole nitrogens is 1. The molecule has 3 aromatic rings. The van der Waals surface area contributed by atoms with Gasteiger partial charge in [0.05, 0.1) is 18.9 Å². The average molecular weight is 244 g/mol. The molecule has 0 saturated carbocycles. The van der Waals surface area contributed by atoms with Gasteiger partial charge in [0.25, 0.3) is 0 Å². The van der Waals surface area contributed by atoms with Crippen LogP contribution in [0.5, 0.6) is 5.75 Å². The Bertz CT molecular complexity index is 923. The standard InChI is InChI=1S/C15H13NO2/c1-2-5-12-11(4-1)15-13(16-12)6-3-7-14(15)18-9-10-8-17-10/h1-7,10,16H,8-9H2/i8D2,9D2,10D. The number of aromatic amines is 1. The largest absolute Gasteiger partial charge is 0.490 e. The van der Waals surface area contributed by atoms with Crippen LogP contribution in [0.2, 0.25) is 0 Å². The van der Waals surface area contributed by atoms with E-state index in [9.17, 15) is 0 Å². The average Bonchev–Trinajstić information content (AvgIpc) is 2.86. The van der Waals surface area contributed by atoms with E-state index in [1.807, 2.05) is 30.3 Å². The smallest absolute Gasteiger partial charge is 0.129 e. The van der Waals surface area contributed by atoms with Gasteiger partial charge >= 0.3 is 0 Å². The van der Waals surface area contributed by atoms with E-state index in [4.69, 9.17) is 11.6 Å². The fourth-order valence-electron chi connectivity index (χ4n) is 2.12. The van der Waals surface area contributed by atoms with E-state index in [1.165, 1.54) is 0 Å². The van der Waals surface area contributed by atoms with Gasteiger partial charge in [-0.05, 0) is 18.2 Å². The van der Waals surface area contributed by atoms with E-state index in [2.05, 4.69) is 9.72 Å². The van der Waals surface area contributed by atoms with Gasteiger partial charge in [-0.2, -0.15) is 0 Å². The number of aromatic nitrogens is 1. The molecule has 1 unspecified atom stereocenters. The summed E-state index contributed by atoms with van der Waals surface area (Å²) in [6, 6.07) is 12.7. The molecule has 1 aliphatic rings. The van der Waals surface area contributed by atoms with Gasteiger partial charge in [-0.1, -0.05) is 24.3 Å². The lowest BCUT2D eigenvalue weighted by atomic mass is 10.1. The first kappa shape index (κ1) is 6.25. The third-order valence-electron chi connectivity index (χ3n) is 2.95. The summed E-state index contributed by atoms with van der Waals surface area (Å²) in [5.74, 6) is 0.239. The maximum Gasteiger partial charge on any atom is 0.129 e. The minimum Gasteiger partial charge on any atom is -0.490 e. The number of epoxide rings is 1. The highest BCUT2D eigenvalue weighted by Gasteiger charge is 2.23. The van der Waals surface area contributed by atoms with Gasteiger partial charge in [-0.15, -0.1) is 0 Å². The summed E-state index contributed by atoms with van der Waals surface area (Å²) in [4.78, 5) is 3.22. The Labute approximate surface area is 111 Å². The molecule has 90 valence electrons. The van der Waals surface area contributed by atoms with Crippen molar-refractivity contribution in [2.24, 2.45) is 0 Å². The Morgan fingerprint density at radius 2 is 2.17 bits per heavy atom. The predicted molar refractivity (Wildman–Crippen MR) is 71.0 cm³/mol. The van der Waals surface area contributed by atoms with E-state index in [0.29, 0.717) is 5.39 Å². The minimum atomic E-state index is -2.64. The summed E-state index contributed by atoms with van der Waals surface area (Å²) < 4.78 is 48.6. The highest BCUT2D eigenvalue weighted by molar-refractivity contribution is 6.10. The molecule has 0 radical (unpaired) electrons. The first-order valence-corrected chi connectivity index (χ1v) is 5.64. The van der Waals surface area contributed by atoms with Crippen LogP contribution in [0.1, 0.15) is 6.85 Å². The van der Waals surface area contributed by atoms with E-state index in [1.54, 1.807) is 12.1 Å². The molecule has 0 aliphatic carbocycles. The highest BCUT2D eigenvalue weighted by atomic mass is 16.6. The number of fused-ring (bicyclic) bond motifs is 3. The van der Waals surface area contributed by atoms with Gasteiger partial charge in [0.1, 0.15) is 18.4 Å². The molecule has 3 heteroatoms. The summed E-state index contributed by atoms with van der Waals surface area (Å²) in [5, 5.41) is 1.56. The summed E-state index contributed by atoms with van der Waals surface area (Å²) in [6.07, 6.45) is -2.38. The molecule has 1 fully saturated rings. The molecule has 1 N–H and O–H groups in total. The van der Waals surface area contributed by atoms with Crippen LogP contribution in [-0.2, 0) is 4.74 Å². The quantitative estimate of drug-likeness (QED) is 0.719. The molecule has 2 aromatic carbocycles. The SMILES string of the molecule is [2H]C([2H])(Oc1cccc2[nH]c3ccccc3c12)C1([2H])OC1([2H])[2H]. The van der Waals surface area contributed by atoms with Crippen molar-refractivity contribution in [3.05, 3.63) is 42.5 Å². The van der Waals surface area contributed by atoms with Gasteiger partial charge < -0.3 is 14.5 Å². The molecule has 0 bridgehead atoms. The Kier molecular flexibility index (Phi) is 1.30. The number of hydrogen-bond donors (Lipinski definition) is 1. The van der Waals surface area contributed by atoms with Gasteiger partial charge in [0, 0.05) is 16.3 Å². The fraction of sp³-hybridized carbons (Fsp3) is 0.200. The summed E-state index contributed by atoms with van der Waals surface area (Å²) >= 11 is 0. The van der Waals surface area contributed by atoms with Crippen molar-refractivity contribution in [1.29, 1.82) is 0 Å². The molecular formula is C15H13NO2. The molecular weight excluding hydrogens is 226 g/mol. The van der Waals surface area contributed by atoms with Crippen LogP contribution in [-0.4, -0.2) is 24.2 Å². The summed E-state index contributed by atoms with van der Waals surface area (Å²) in [5.41, 5.74) is 1.66. The fourth-order valence-corrected chi connectivity index (χ4v) is 2.12. The second kappa shape index (κ2) is 3.75.